The summed E-state index contributed by atoms with van der Waals surface area (Å²) in [5, 5.41) is 0. The first kappa shape index (κ1) is 16.4. The minimum atomic E-state index is -0.271. The molecule has 2 saturated heterocycles. The van der Waals surface area contributed by atoms with E-state index >= 15 is 0 Å². The summed E-state index contributed by atoms with van der Waals surface area (Å²) in [5.74, 6) is 13.2. The second-order valence-corrected chi connectivity index (χ2v) is 5.46. The van der Waals surface area contributed by atoms with Crippen molar-refractivity contribution in [3.63, 3.8) is 0 Å². The van der Waals surface area contributed by atoms with Crippen LogP contribution in [0.1, 0.15) is 52.4 Å². The third-order valence-electron chi connectivity index (χ3n) is 3.74. The van der Waals surface area contributed by atoms with Crippen LogP contribution < -0.4 is 0 Å². The summed E-state index contributed by atoms with van der Waals surface area (Å²) >= 11 is 0. The van der Waals surface area contributed by atoms with Crippen molar-refractivity contribution in [3.05, 3.63) is 0 Å². The van der Waals surface area contributed by atoms with Crippen LogP contribution in [0.2, 0.25) is 0 Å². The summed E-state index contributed by atoms with van der Waals surface area (Å²) in [6.07, 6.45) is 5.37. The van der Waals surface area contributed by atoms with Gasteiger partial charge in [-0.05, 0) is 25.7 Å². The lowest BCUT2D eigenvalue weighted by Gasteiger charge is -2.35. The largest absolute Gasteiger partial charge is 0.351 e. The molecule has 2 fully saturated rings. The third kappa shape index (κ3) is 5.04. The summed E-state index contributed by atoms with van der Waals surface area (Å²) < 4.78 is 17.7. The quantitative estimate of drug-likeness (QED) is 0.730. The molecule has 0 amide bonds. The fraction of sp³-hybridized carbons (Fsp3) is 0.778. The average molecular weight is 290 g/mol. The van der Waals surface area contributed by atoms with Gasteiger partial charge in [0.2, 0.25) is 0 Å². The Hall–Kier alpha value is -1.00. The molecule has 0 aliphatic carbocycles. The van der Waals surface area contributed by atoms with E-state index in [-0.39, 0.29) is 24.4 Å². The normalized spacial score (nSPS) is 32.5. The second-order valence-electron chi connectivity index (χ2n) is 5.46. The zero-order chi connectivity index (χ0) is 14.9. The lowest BCUT2D eigenvalue weighted by atomic mass is 9.99. The van der Waals surface area contributed by atoms with Crippen molar-refractivity contribution in [1.29, 1.82) is 0 Å². The number of hydrogen-bond donors (Lipinski definition) is 0. The van der Waals surface area contributed by atoms with Gasteiger partial charge in [-0.3, -0.25) is 0 Å². The topological polar surface area (TPSA) is 27.7 Å². The Bertz CT molecular complexity index is 383. The van der Waals surface area contributed by atoms with Crippen LogP contribution in [-0.2, 0) is 14.2 Å². The van der Waals surface area contributed by atoms with Crippen LogP contribution >= 0.6 is 0 Å². The van der Waals surface area contributed by atoms with Gasteiger partial charge in [0.15, 0.2) is 12.6 Å². The van der Waals surface area contributed by atoms with Crippen LogP contribution in [0.15, 0.2) is 0 Å². The molecule has 0 aromatic heterocycles. The number of ether oxygens (including phenoxy) is 3. The molecule has 0 N–H and O–H groups in total. The van der Waals surface area contributed by atoms with Crippen LogP contribution in [0, 0.1) is 35.5 Å². The zero-order valence-corrected chi connectivity index (χ0v) is 13.2. The molecule has 4 unspecified atom stereocenters. The molecule has 3 heteroatoms. The van der Waals surface area contributed by atoms with Crippen LogP contribution in [-0.4, -0.2) is 25.8 Å². The van der Waals surface area contributed by atoms with Gasteiger partial charge in [0.1, 0.15) is 0 Å². The molecule has 3 nitrogen and oxygen atoms in total. The van der Waals surface area contributed by atoms with E-state index in [1.165, 1.54) is 0 Å². The Morgan fingerprint density at radius 3 is 1.76 bits per heavy atom. The molecule has 0 saturated carbocycles. The molecule has 0 spiro atoms. The van der Waals surface area contributed by atoms with E-state index in [4.69, 9.17) is 14.2 Å². The molecule has 2 rings (SSSR count). The molecule has 21 heavy (non-hydrogen) atoms. The Morgan fingerprint density at radius 1 is 0.857 bits per heavy atom. The monoisotopic (exact) mass is 290 g/mol. The third-order valence-corrected chi connectivity index (χ3v) is 3.74. The minimum Gasteiger partial charge on any atom is -0.351 e. The first-order valence-electron chi connectivity index (χ1n) is 8.20. The molecule has 0 aromatic carbocycles. The summed E-state index contributed by atoms with van der Waals surface area (Å²) in [4.78, 5) is 0. The van der Waals surface area contributed by atoms with E-state index in [2.05, 4.69) is 37.5 Å². The molecular formula is C18H26O3. The van der Waals surface area contributed by atoms with Crippen molar-refractivity contribution >= 4 is 0 Å². The van der Waals surface area contributed by atoms with E-state index in [0.29, 0.717) is 0 Å². The smallest absolute Gasteiger partial charge is 0.174 e. The SMILES string of the molecule is CCC#CC1CCCOC1OC1OCCCC1C#CCC. The maximum Gasteiger partial charge on any atom is 0.174 e. The van der Waals surface area contributed by atoms with Crippen LogP contribution in [0.4, 0.5) is 0 Å². The maximum atomic E-state index is 6.10. The van der Waals surface area contributed by atoms with Crippen LogP contribution in [0.3, 0.4) is 0 Å². The van der Waals surface area contributed by atoms with Gasteiger partial charge < -0.3 is 14.2 Å². The van der Waals surface area contributed by atoms with Gasteiger partial charge in [0, 0.05) is 26.1 Å². The zero-order valence-electron chi connectivity index (χ0n) is 13.2. The first-order chi connectivity index (χ1) is 10.3. The molecular weight excluding hydrogens is 264 g/mol. The maximum absolute atomic E-state index is 6.10. The van der Waals surface area contributed by atoms with E-state index in [1.54, 1.807) is 0 Å². The summed E-state index contributed by atoms with van der Waals surface area (Å²) in [6.45, 7) is 5.61. The summed E-state index contributed by atoms with van der Waals surface area (Å²) in [6, 6.07) is 0. The number of hydrogen-bond acceptors (Lipinski definition) is 3. The summed E-state index contributed by atoms with van der Waals surface area (Å²) in [7, 11) is 0. The predicted octanol–water partition coefficient (Wildman–Crippen LogP) is 3.34. The second kappa shape index (κ2) is 9.11. The minimum absolute atomic E-state index is 0.156. The number of rotatable bonds is 2. The Kier molecular flexibility index (Phi) is 7.10. The van der Waals surface area contributed by atoms with Gasteiger partial charge >= 0.3 is 0 Å². The van der Waals surface area contributed by atoms with E-state index in [1.807, 2.05) is 0 Å². The van der Waals surface area contributed by atoms with E-state index in [9.17, 15) is 0 Å². The van der Waals surface area contributed by atoms with Crippen molar-refractivity contribution in [1.82, 2.24) is 0 Å². The Morgan fingerprint density at radius 2 is 1.33 bits per heavy atom. The van der Waals surface area contributed by atoms with Crippen molar-refractivity contribution < 1.29 is 14.2 Å². The molecule has 0 bridgehead atoms. The highest BCUT2D eigenvalue weighted by molar-refractivity contribution is 5.07. The average Bonchev–Trinajstić information content (AvgIpc) is 2.53. The molecule has 0 aromatic rings. The van der Waals surface area contributed by atoms with Crippen molar-refractivity contribution in [2.24, 2.45) is 11.8 Å². The highest BCUT2D eigenvalue weighted by atomic mass is 16.8. The molecule has 2 heterocycles. The molecule has 116 valence electrons. The molecule has 2 aliphatic heterocycles. The van der Waals surface area contributed by atoms with Gasteiger partial charge in [-0.15, -0.1) is 11.8 Å². The van der Waals surface area contributed by atoms with Crippen molar-refractivity contribution in [3.8, 4) is 23.7 Å². The van der Waals surface area contributed by atoms with Crippen molar-refractivity contribution in [2.75, 3.05) is 13.2 Å². The van der Waals surface area contributed by atoms with Crippen LogP contribution in [0.25, 0.3) is 0 Å². The lowest BCUT2D eigenvalue weighted by molar-refractivity contribution is -0.284. The van der Waals surface area contributed by atoms with Gasteiger partial charge in [0.25, 0.3) is 0 Å². The lowest BCUT2D eigenvalue weighted by Crippen LogP contribution is -2.40. The highest BCUT2D eigenvalue weighted by Crippen LogP contribution is 2.28. The molecule has 2 aliphatic rings. The highest BCUT2D eigenvalue weighted by Gasteiger charge is 2.33. The van der Waals surface area contributed by atoms with Gasteiger partial charge in [-0.1, -0.05) is 25.7 Å². The fourth-order valence-corrected chi connectivity index (χ4v) is 2.66. The van der Waals surface area contributed by atoms with Gasteiger partial charge in [-0.2, -0.15) is 0 Å². The Balaban J connectivity index is 1.98. The van der Waals surface area contributed by atoms with Crippen LogP contribution in [0.5, 0.6) is 0 Å². The van der Waals surface area contributed by atoms with Crippen molar-refractivity contribution in [2.45, 2.75) is 65.0 Å². The van der Waals surface area contributed by atoms with Gasteiger partial charge in [0.05, 0.1) is 11.8 Å². The van der Waals surface area contributed by atoms with E-state index in [0.717, 1.165) is 51.7 Å². The van der Waals surface area contributed by atoms with E-state index < -0.39 is 0 Å². The molecule has 0 radical (unpaired) electrons. The first-order valence-corrected chi connectivity index (χ1v) is 8.20. The fourth-order valence-electron chi connectivity index (χ4n) is 2.66. The Labute approximate surface area is 128 Å². The van der Waals surface area contributed by atoms with Gasteiger partial charge in [-0.25, -0.2) is 0 Å². The molecule has 4 atom stereocenters. The summed E-state index contributed by atoms with van der Waals surface area (Å²) in [5.41, 5.74) is 0. The standard InChI is InChI=1S/C18H26O3/c1-3-5-9-15-11-7-13-19-17(15)21-18-16(10-6-4-2)12-8-14-20-18/h15-18H,3-4,7-8,11-14H2,1-2H3. The predicted molar refractivity (Wildman–Crippen MR) is 82.1 cm³/mol.